The zero-order chi connectivity index (χ0) is 14.4. The Morgan fingerprint density at radius 3 is 2.80 bits per heavy atom. The third-order valence-electron chi connectivity index (χ3n) is 3.72. The van der Waals surface area contributed by atoms with Crippen molar-refractivity contribution in [2.75, 3.05) is 11.4 Å². The van der Waals surface area contributed by atoms with Gasteiger partial charge in [-0.3, -0.25) is 9.59 Å². The smallest absolute Gasteiger partial charge is 0.299 e. The predicted molar refractivity (Wildman–Crippen MR) is 74.4 cm³/mol. The second-order valence-electron chi connectivity index (χ2n) is 5.17. The van der Waals surface area contributed by atoms with E-state index in [4.69, 9.17) is 4.74 Å². The molecule has 0 radical (unpaired) electrons. The largest absolute Gasteiger partial charge is 0.373 e. The monoisotopic (exact) mass is 341 g/mol. The number of carbonyl (C=O) groups is 2. The number of fused-ring (bicyclic) bond motifs is 1. The van der Waals surface area contributed by atoms with Gasteiger partial charge in [0.15, 0.2) is 0 Å². The van der Waals surface area contributed by atoms with Crippen molar-refractivity contribution in [2.45, 2.75) is 32.0 Å². The maximum Gasteiger partial charge on any atom is 0.299 e. The van der Waals surface area contributed by atoms with Gasteiger partial charge in [0.25, 0.3) is 11.7 Å². The average Bonchev–Trinajstić information content (AvgIpc) is 2.90. The van der Waals surface area contributed by atoms with E-state index in [0.717, 1.165) is 12.8 Å². The number of anilines is 1. The summed E-state index contributed by atoms with van der Waals surface area (Å²) in [5.41, 5.74) is 0.582. The van der Waals surface area contributed by atoms with Crippen molar-refractivity contribution in [3.8, 4) is 0 Å². The lowest BCUT2D eigenvalue weighted by atomic mass is 10.1. The molecule has 2 heterocycles. The van der Waals surface area contributed by atoms with Crippen LogP contribution in [0.15, 0.2) is 16.6 Å². The van der Waals surface area contributed by atoms with E-state index in [1.54, 1.807) is 0 Å². The number of ether oxygens (including phenoxy) is 1. The summed E-state index contributed by atoms with van der Waals surface area (Å²) >= 11 is 3.03. The van der Waals surface area contributed by atoms with Crippen LogP contribution < -0.4 is 4.90 Å². The summed E-state index contributed by atoms with van der Waals surface area (Å²) in [6, 6.07) is 2.59. The van der Waals surface area contributed by atoms with Crippen LogP contribution in [0.4, 0.5) is 10.1 Å². The van der Waals surface area contributed by atoms with Crippen molar-refractivity contribution in [1.82, 2.24) is 0 Å². The van der Waals surface area contributed by atoms with Crippen molar-refractivity contribution in [3.05, 3.63) is 28.0 Å². The first-order chi connectivity index (χ1) is 9.47. The first kappa shape index (κ1) is 13.7. The van der Waals surface area contributed by atoms with Gasteiger partial charge in [0.2, 0.25) is 0 Å². The molecule has 0 spiro atoms. The molecule has 20 heavy (non-hydrogen) atoms. The van der Waals surface area contributed by atoms with Crippen LogP contribution in [-0.2, 0) is 9.53 Å². The molecule has 2 unspecified atom stereocenters. The van der Waals surface area contributed by atoms with E-state index in [9.17, 15) is 14.0 Å². The van der Waals surface area contributed by atoms with Crippen LogP contribution in [0.2, 0.25) is 0 Å². The molecule has 1 aromatic rings. The van der Waals surface area contributed by atoms with Gasteiger partial charge in [-0.05, 0) is 47.8 Å². The number of amides is 1. The fraction of sp³-hybridized carbons (Fsp3) is 0.429. The van der Waals surface area contributed by atoms with Crippen LogP contribution in [0.3, 0.4) is 0 Å². The quantitative estimate of drug-likeness (QED) is 0.777. The van der Waals surface area contributed by atoms with E-state index in [2.05, 4.69) is 15.9 Å². The van der Waals surface area contributed by atoms with Gasteiger partial charge in [0.05, 0.1) is 34.5 Å². The number of benzene rings is 1. The molecule has 3 rings (SSSR count). The van der Waals surface area contributed by atoms with Crippen LogP contribution >= 0.6 is 15.9 Å². The molecule has 0 N–H and O–H groups in total. The van der Waals surface area contributed by atoms with Gasteiger partial charge in [-0.25, -0.2) is 4.39 Å². The van der Waals surface area contributed by atoms with Crippen LogP contribution in [0, 0.1) is 5.82 Å². The first-order valence-electron chi connectivity index (χ1n) is 6.48. The van der Waals surface area contributed by atoms with Gasteiger partial charge in [0, 0.05) is 0 Å². The van der Waals surface area contributed by atoms with Crippen molar-refractivity contribution in [3.63, 3.8) is 0 Å². The molecule has 0 bridgehead atoms. The second kappa shape index (κ2) is 4.93. The van der Waals surface area contributed by atoms with E-state index >= 15 is 0 Å². The molecule has 2 aliphatic heterocycles. The van der Waals surface area contributed by atoms with E-state index in [1.165, 1.54) is 17.0 Å². The lowest BCUT2D eigenvalue weighted by molar-refractivity contribution is -0.114. The van der Waals surface area contributed by atoms with E-state index in [0.29, 0.717) is 12.2 Å². The second-order valence-corrected chi connectivity index (χ2v) is 6.03. The minimum atomic E-state index is -0.611. The van der Waals surface area contributed by atoms with Crippen LogP contribution in [-0.4, -0.2) is 30.4 Å². The Morgan fingerprint density at radius 2 is 2.15 bits per heavy atom. The lowest BCUT2D eigenvalue weighted by Gasteiger charge is -2.21. The Morgan fingerprint density at radius 1 is 1.40 bits per heavy atom. The zero-order valence-electron chi connectivity index (χ0n) is 10.9. The molecule has 1 aromatic carbocycles. The standard InChI is InChI=1S/C14H13BrFNO3/c1-7-2-3-8(20-7)6-17-12-5-11(16)10(15)4-9(12)13(18)14(17)19/h4-5,7-8H,2-3,6H2,1H3. The van der Waals surface area contributed by atoms with Gasteiger partial charge >= 0.3 is 0 Å². The van der Waals surface area contributed by atoms with Gasteiger partial charge < -0.3 is 9.64 Å². The molecule has 2 aliphatic rings. The number of rotatable bonds is 2. The molecule has 6 heteroatoms. The maximum atomic E-state index is 13.6. The highest BCUT2D eigenvalue weighted by atomic mass is 79.9. The van der Waals surface area contributed by atoms with Gasteiger partial charge in [0.1, 0.15) is 5.82 Å². The number of carbonyl (C=O) groups excluding carboxylic acids is 2. The summed E-state index contributed by atoms with van der Waals surface area (Å²) in [7, 11) is 0. The molecule has 0 aromatic heterocycles. The molecule has 1 amide bonds. The Balaban J connectivity index is 1.92. The predicted octanol–water partition coefficient (Wildman–Crippen LogP) is 2.69. The SMILES string of the molecule is CC1CCC(CN2C(=O)C(=O)c3cc(Br)c(F)cc32)O1. The van der Waals surface area contributed by atoms with Crippen molar-refractivity contribution in [2.24, 2.45) is 0 Å². The van der Waals surface area contributed by atoms with E-state index in [1.807, 2.05) is 6.92 Å². The number of halogens is 2. The molecule has 0 saturated carbocycles. The third kappa shape index (κ3) is 2.16. The van der Waals surface area contributed by atoms with Crippen LogP contribution in [0.25, 0.3) is 0 Å². The fourth-order valence-corrected chi connectivity index (χ4v) is 3.04. The Kier molecular flexibility index (Phi) is 3.38. The molecule has 106 valence electrons. The molecule has 1 fully saturated rings. The molecule has 2 atom stereocenters. The van der Waals surface area contributed by atoms with Gasteiger partial charge in [-0.2, -0.15) is 0 Å². The molecular formula is C14H13BrFNO3. The summed E-state index contributed by atoms with van der Waals surface area (Å²) in [4.78, 5) is 25.3. The zero-order valence-corrected chi connectivity index (χ0v) is 12.4. The normalized spacial score (nSPS) is 25.4. The lowest BCUT2D eigenvalue weighted by Crippen LogP contribution is -2.36. The van der Waals surface area contributed by atoms with Crippen LogP contribution in [0.5, 0.6) is 0 Å². The Labute approximate surface area is 124 Å². The molecule has 4 nitrogen and oxygen atoms in total. The van der Waals surface area contributed by atoms with Gasteiger partial charge in [-0.15, -0.1) is 0 Å². The molecule has 0 aliphatic carbocycles. The summed E-state index contributed by atoms with van der Waals surface area (Å²) < 4.78 is 19.5. The fourth-order valence-electron chi connectivity index (χ4n) is 2.69. The third-order valence-corrected chi connectivity index (χ3v) is 4.33. The number of ketones is 1. The number of hydrogen-bond donors (Lipinski definition) is 0. The number of nitrogens with zero attached hydrogens (tertiary/aromatic N) is 1. The summed E-state index contributed by atoms with van der Waals surface area (Å²) in [5, 5.41) is 0. The Bertz CT molecular complexity index is 604. The molecular weight excluding hydrogens is 329 g/mol. The Hall–Kier alpha value is -1.27. The highest BCUT2D eigenvalue weighted by Crippen LogP contribution is 2.34. The summed E-state index contributed by atoms with van der Waals surface area (Å²) in [6.45, 7) is 2.27. The van der Waals surface area contributed by atoms with E-state index < -0.39 is 17.5 Å². The summed E-state index contributed by atoms with van der Waals surface area (Å²) in [6.07, 6.45) is 1.84. The number of Topliss-reactive ketones (excluding diaryl/α,β-unsaturated/α-hetero) is 1. The highest BCUT2D eigenvalue weighted by molar-refractivity contribution is 9.10. The minimum Gasteiger partial charge on any atom is -0.373 e. The van der Waals surface area contributed by atoms with Gasteiger partial charge in [-0.1, -0.05) is 0 Å². The van der Waals surface area contributed by atoms with Crippen molar-refractivity contribution in [1.29, 1.82) is 0 Å². The minimum absolute atomic E-state index is 0.0978. The van der Waals surface area contributed by atoms with Crippen molar-refractivity contribution < 1.29 is 18.7 Å². The van der Waals surface area contributed by atoms with Crippen LogP contribution in [0.1, 0.15) is 30.1 Å². The summed E-state index contributed by atoms with van der Waals surface area (Å²) in [5.74, 6) is -1.69. The first-order valence-corrected chi connectivity index (χ1v) is 7.27. The van der Waals surface area contributed by atoms with Crippen molar-refractivity contribution >= 4 is 33.3 Å². The topological polar surface area (TPSA) is 46.6 Å². The number of hydrogen-bond acceptors (Lipinski definition) is 3. The average molecular weight is 342 g/mol. The molecule has 1 saturated heterocycles. The highest BCUT2D eigenvalue weighted by Gasteiger charge is 2.38. The van der Waals surface area contributed by atoms with E-state index in [-0.39, 0.29) is 22.2 Å². The maximum absolute atomic E-state index is 13.6.